The molecule has 1 saturated carbocycles. The van der Waals surface area contributed by atoms with Crippen molar-refractivity contribution >= 4 is 6.09 Å². The van der Waals surface area contributed by atoms with Gasteiger partial charge in [0.15, 0.2) is 0 Å². The molecule has 1 spiro atoms. The molecular formula is C21H35NO6. The van der Waals surface area contributed by atoms with Gasteiger partial charge in [-0.25, -0.2) is 4.79 Å². The zero-order valence-corrected chi connectivity index (χ0v) is 17.9. The average Bonchev–Trinajstić information content (AvgIpc) is 3.50. The predicted molar refractivity (Wildman–Crippen MR) is 104 cm³/mol. The van der Waals surface area contributed by atoms with Crippen molar-refractivity contribution in [2.75, 3.05) is 20.3 Å². The Bertz CT molecular complexity index is 609. The molecule has 0 radical (unpaired) electrons. The summed E-state index contributed by atoms with van der Waals surface area (Å²) < 4.78 is 23.5. The van der Waals surface area contributed by atoms with Gasteiger partial charge in [-0.05, 0) is 39.5 Å². The van der Waals surface area contributed by atoms with Crippen LogP contribution in [0.3, 0.4) is 0 Å². The quantitative estimate of drug-likeness (QED) is 0.506. The molecule has 6 atom stereocenters. The van der Waals surface area contributed by atoms with E-state index in [0.29, 0.717) is 18.9 Å². The molecule has 2 heterocycles. The number of rotatable bonds is 7. The van der Waals surface area contributed by atoms with Gasteiger partial charge >= 0.3 is 6.09 Å². The lowest BCUT2D eigenvalue weighted by molar-refractivity contribution is -0.118. The van der Waals surface area contributed by atoms with E-state index in [1.165, 1.54) is 0 Å². The molecule has 1 aliphatic carbocycles. The van der Waals surface area contributed by atoms with Gasteiger partial charge in [0, 0.05) is 13.7 Å². The lowest BCUT2D eigenvalue weighted by atomic mass is 9.68. The Kier molecular flexibility index (Phi) is 5.85. The first kappa shape index (κ1) is 21.6. The van der Waals surface area contributed by atoms with Gasteiger partial charge in [0.25, 0.3) is 0 Å². The summed E-state index contributed by atoms with van der Waals surface area (Å²) in [6, 6.07) is 0. The van der Waals surface area contributed by atoms with E-state index in [1.54, 1.807) is 21.0 Å². The van der Waals surface area contributed by atoms with Crippen molar-refractivity contribution in [2.24, 2.45) is 11.8 Å². The summed E-state index contributed by atoms with van der Waals surface area (Å²) in [5.74, 6) is 0.437. The number of alkyl carbamates (subject to hydrolysis) is 1. The van der Waals surface area contributed by atoms with Crippen LogP contribution in [-0.4, -0.2) is 66.6 Å². The summed E-state index contributed by atoms with van der Waals surface area (Å²) in [6.07, 6.45) is 4.52. The molecule has 0 aromatic rings. The van der Waals surface area contributed by atoms with Crippen molar-refractivity contribution in [2.45, 2.75) is 82.6 Å². The summed E-state index contributed by atoms with van der Waals surface area (Å²) in [6.45, 7) is 10.4. The van der Waals surface area contributed by atoms with Crippen molar-refractivity contribution in [3.8, 4) is 0 Å². The number of allylic oxidation sites excluding steroid dienone is 1. The minimum absolute atomic E-state index is 0.0152. The maximum absolute atomic E-state index is 12.2. The number of epoxide rings is 2. The van der Waals surface area contributed by atoms with E-state index in [1.807, 2.05) is 0 Å². The lowest BCUT2D eigenvalue weighted by Crippen LogP contribution is -2.56. The second kappa shape index (κ2) is 7.59. The van der Waals surface area contributed by atoms with E-state index in [-0.39, 0.29) is 36.4 Å². The van der Waals surface area contributed by atoms with E-state index in [0.717, 1.165) is 6.42 Å². The molecule has 2 aliphatic heterocycles. The van der Waals surface area contributed by atoms with E-state index < -0.39 is 17.3 Å². The fraction of sp³-hybridized carbons (Fsp3) is 0.857. The molecule has 2 N–H and O–H groups in total. The Hall–Kier alpha value is -1.15. The molecule has 3 fully saturated rings. The highest BCUT2D eigenvalue weighted by Crippen LogP contribution is 2.59. The number of hydrogen-bond acceptors (Lipinski definition) is 6. The largest absolute Gasteiger partial charge is 0.443 e. The molecule has 1 amide bonds. The number of methoxy groups -OCH3 is 1. The standard InChI is InChI=1S/C21H35NO6/c1-13(2)7-8-15-20(5,28-15)17-16(25-6)14(9-10-21(17)12-26-21)27-18(23)22-11-19(3,4)24/h7-8,13-17,24H,9-12H2,1-6H3,(H,22,23)/b8-7+/t14-,15-,16-,17?,20?,21+/m1/s1. The molecule has 3 aliphatic rings. The van der Waals surface area contributed by atoms with E-state index in [2.05, 4.69) is 38.2 Å². The fourth-order valence-electron chi connectivity index (χ4n) is 4.41. The second-order valence-electron chi connectivity index (χ2n) is 9.53. The molecule has 28 heavy (non-hydrogen) atoms. The second-order valence-corrected chi connectivity index (χ2v) is 9.53. The SMILES string of the molecule is CO[C@H]1C(C2(C)O[C@@H]2/C=C/C(C)C)[C@]2(CC[C@H]1OC(=O)NCC(C)(C)O)CO2. The van der Waals surface area contributed by atoms with Crippen molar-refractivity contribution in [3.63, 3.8) is 0 Å². The van der Waals surface area contributed by atoms with Gasteiger partial charge in [0.2, 0.25) is 0 Å². The first-order valence-corrected chi connectivity index (χ1v) is 10.2. The Morgan fingerprint density at radius 3 is 2.64 bits per heavy atom. The molecule has 2 saturated heterocycles. The molecule has 0 bridgehead atoms. The Morgan fingerprint density at radius 2 is 2.11 bits per heavy atom. The van der Waals surface area contributed by atoms with Crippen LogP contribution < -0.4 is 5.32 Å². The summed E-state index contributed by atoms with van der Waals surface area (Å²) in [5, 5.41) is 12.4. The number of amides is 1. The molecule has 3 rings (SSSR count). The van der Waals surface area contributed by atoms with Crippen molar-refractivity contribution < 1.29 is 28.8 Å². The summed E-state index contributed by atoms with van der Waals surface area (Å²) >= 11 is 0. The minimum Gasteiger partial charge on any atom is -0.443 e. The third kappa shape index (κ3) is 4.53. The predicted octanol–water partition coefficient (Wildman–Crippen LogP) is 2.42. The van der Waals surface area contributed by atoms with Crippen molar-refractivity contribution in [1.82, 2.24) is 5.32 Å². The lowest BCUT2D eigenvalue weighted by Gasteiger charge is -2.42. The maximum atomic E-state index is 12.2. The van der Waals surface area contributed by atoms with Crippen LogP contribution >= 0.6 is 0 Å². The third-order valence-corrected chi connectivity index (χ3v) is 6.00. The Morgan fingerprint density at radius 1 is 1.43 bits per heavy atom. The minimum atomic E-state index is -0.994. The van der Waals surface area contributed by atoms with Gasteiger partial charge < -0.3 is 29.4 Å². The van der Waals surface area contributed by atoms with Crippen molar-refractivity contribution in [3.05, 3.63) is 12.2 Å². The highest BCUT2D eigenvalue weighted by Gasteiger charge is 2.72. The normalized spacial score (nSPS) is 40.1. The van der Waals surface area contributed by atoms with Crippen LogP contribution in [0.5, 0.6) is 0 Å². The van der Waals surface area contributed by atoms with Crippen LogP contribution in [0, 0.1) is 11.8 Å². The van der Waals surface area contributed by atoms with E-state index in [9.17, 15) is 9.90 Å². The number of carbonyl (C=O) groups excluding carboxylic acids is 1. The molecule has 0 aromatic carbocycles. The molecular weight excluding hydrogens is 362 g/mol. The van der Waals surface area contributed by atoms with Crippen LogP contribution in [0.4, 0.5) is 4.79 Å². The van der Waals surface area contributed by atoms with Gasteiger partial charge in [0.05, 0.1) is 18.1 Å². The van der Waals surface area contributed by atoms with Crippen LogP contribution in [0.2, 0.25) is 0 Å². The highest BCUT2D eigenvalue weighted by molar-refractivity contribution is 5.67. The topological polar surface area (TPSA) is 92.9 Å². The first-order chi connectivity index (χ1) is 13.0. The van der Waals surface area contributed by atoms with Crippen LogP contribution in [0.25, 0.3) is 0 Å². The zero-order valence-electron chi connectivity index (χ0n) is 17.9. The zero-order chi connectivity index (χ0) is 20.7. The first-order valence-electron chi connectivity index (χ1n) is 10.2. The summed E-state index contributed by atoms with van der Waals surface area (Å²) in [5.41, 5.74) is -1.64. The van der Waals surface area contributed by atoms with Gasteiger partial charge in [-0.2, -0.15) is 0 Å². The van der Waals surface area contributed by atoms with Gasteiger partial charge in [0.1, 0.15) is 29.5 Å². The van der Waals surface area contributed by atoms with Gasteiger partial charge in [-0.3, -0.25) is 0 Å². The Labute approximate surface area is 167 Å². The van der Waals surface area contributed by atoms with Gasteiger partial charge in [-0.1, -0.05) is 26.0 Å². The highest BCUT2D eigenvalue weighted by atomic mass is 16.6. The smallest absolute Gasteiger partial charge is 0.407 e. The fourth-order valence-corrected chi connectivity index (χ4v) is 4.41. The van der Waals surface area contributed by atoms with E-state index in [4.69, 9.17) is 18.9 Å². The van der Waals surface area contributed by atoms with Crippen LogP contribution in [-0.2, 0) is 18.9 Å². The van der Waals surface area contributed by atoms with Crippen LogP contribution in [0.1, 0.15) is 47.5 Å². The number of nitrogens with one attached hydrogen (secondary N) is 1. The molecule has 160 valence electrons. The molecule has 2 unspecified atom stereocenters. The average molecular weight is 398 g/mol. The number of aliphatic hydroxyl groups is 1. The summed E-state index contributed by atoms with van der Waals surface area (Å²) in [4.78, 5) is 12.2. The number of carbonyl (C=O) groups is 1. The molecule has 7 heteroatoms. The third-order valence-electron chi connectivity index (χ3n) is 6.00. The molecule has 7 nitrogen and oxygen atoms in total. The maximum Gasteiger partial charge on any atom is 0.407 e. The molecule has 0 aromatic heterocycles. The number of hydrogen-bond donors (Lipinski definition) is 2. The number of ether oxygens (including phenoxy) is 4. The Balaban J connectivity index is 1.70. The van der Waals surface area contributed by atoms with Crippen molar-refractivity contribution in [1.29, 1.82) is 0 Å². The monoisotopic (exact) mass is 397 g/mol. The van der Waals surface area contributed by atoms with Crippen LogP contribution in [0.15, 0.2) is 12.2 Å². The van der Waals surface area contributed by atoms with Gasteiger partial charge in [-0.15, -0.1) is 0 Å². The summed E-state index contributed by atoms with van der Waals surface area (Å²) in [7, 11) is 1.65. The van der Waals surface area contributed by atoms with E-state index >= 15 is 0 Å².